The molecule has 2 N–H and O–H groups in total. The van der Waals surface area contributed by atoms with Crippen molar-refractivity contribution in [1.29, 1.82) is 0 Å². The van der Waals surface area contributed by atoms with E-state index in [4.69, 9.17) is 0 Å². The van der Waals surface area contributed by atoms with Gasteiger partial charge in [0.2, 0.25) is 0 Å². The largest absolute Gasteiger partial charge is 0.365 e. The summed E-state index contributed by atoms with van der Waals surface area (Å²) >= 11 is 0. The fourth-order valence-corrected chi connectivity index (χ4v) is 1.23. The highest BCUT2D eigenvalue weighted by Crippen LogP contribution is 2.02. The van der Waals surface area contributed by atoms with Crippen molar-refractivity contribution < 1.29 is 0 Å². The van der Waals surface area contributed by atoms with Crippen LogP contribution in [0.25, 0.3) is 0 Å². The van der Waals surface area contributed by atoms with Crippen LogP contribution in [0.2, 0.25) is 0 Å². The average molecular weight is 201 g/mol. The average Bonchev–Trinajstić information content (AvgIpc) is 2.30. The van der Waals surface area contributed by atoms with Crippen molar-refractivity contribution >= 4 is 5.82 Å². The fraction of sp³-hybridized carbons (Fsp3) is 0.0909. The fourth-order valence-electron chi connectivity index (χ4n) is 1.23. The van der Waals surface area contributed by atoms with Gasteiger partial charge in [-0.05, 0) is 11.6 Å². The Kier molecular flexibility index (Phi) is 2.78. The molecule has 0 aliphatic carbocycles. The van der Waals surface area contributed by atoms with Gasteiger partial charge in [0.1, 0.15) is 5.82 Å². The van der Waals surface area contributed by atoms with Gasteiger partial charge >= 0.3 is 0 Å². The molecule has 4 heteroatoms. The summed E-state index contributed by atoms with van der Waals surface area (Å²) in [5.74, 6) is 0.665. The Bertz CT molecular complexity index is 458. The third-order valence-electron chi connectivity index (χ3n) is 2.00. The molecule has 0 aliphatic rings. The van der Waals surface area contributed by atoms with Crippen LogP contribution in [0, 0.1) is 0 Å². The Morgan fingerprint density at radius 1 is 1.13 bits per heavy atom. The number of aromatic amines is 1. The first-order valence-electron chi connectivity index (χ1n) is 4.68. The molecule has 0 fully saturated rings. The van der Waals surface area contributed by atoms with Crippen LogP contribution in [0.1, 0.15) is 5.56 Å². The zero-order valence-corrected chi connectivity index (χ0v) is 8.10. The molecule has 0 saturated heterocycles. The molecule has 0 aliphatic heterocycles. The van der Waals surface area contributed by atoms with E-state index in [9.17, 15) is 4.79 Å². The van der Waals surface area contributed by atoms with E-state index in [2.05, 4.69) is 15.5 Å². The lowest BCUT2D eigenvalue weighted by molar-refractivity contribution is 0.969. The predicted molar refractivity (Wildman–Crippen MR) is 58.6 cm³/mol. The van der Waals surface area contributed by atoms with Gasteiger partial charge in [-0.25, -0.2) is 5.10 Å². The Labute approximate surface area is 87.0 Å². The van der Waals surface area contributed by atoms with Crippen LogP contribution in [0.4, 0.5) is 5.82 Å². The number of benzene rings is 1. The second-order valence-electron chi connectivity index (χ2n) is 3.15. The summed E-state index contributed by atoms with van der Waals surface area (Å²) in [4.78, 5) is 10.8. The zero-order chi connectivity index (χ0) is 10.5. The van der Waals surface area contributed by atoms with Crippen LogP contribution >= 0.6 is 0 Å². The van der Waals surface area contributed by atoms with Gasteiger partial charge in [-0.3, -0.25) is 4.79 Å². The monoisotopic (exact) mass is 201 g/mol. The molecule has 0 bridgehead atoms. The lowest BCUT2D eigenvalue weighted by atomic mass is 10.2. The predicted octanol–water partition coefficient (Wildman–Crippen LogP) is 1.38. The Balaban J connectivity index is 1.99. The van der Waals surface area contributed by atoms with E-state index in [1.54, 1.807) is 6.07 Å². The molecule has 0 saturated carbocycles. The van der Waals surface area contributed by atoms with Gasteiger partial charge in [0.25, 0.3) is 5.56 Å². The topological polar surface area (TPSA) is 57.8 Å². The number of H-pyrrole nitrogens is 1. The van der Waals surface area contributed by atoms with E-state index in [1.165, 1.54) is 11.6 Å². The van der Waals surface area contributed by atoms with Crippen LogP contribution in [0.3, 0.4) is 0 Å². The Morgan fingerprint density at radius 2 is 1.93 bits per heavy atom. The SMILES string of the molecule is O=c1ccc(NCc2ccccc2)n[nH]1. The lowest BCUT2D eigenvalue weighted by Gasteiger charge is -2.03. The second kappa shape index (κ2) is 4.41. The van der Waals surface area contributed by atoms with Crippen LogP contribution in [0.5, 0.6) is 0 Å². The number of nitrogens with zero attached hydrogens (tertiary/aromatic N) is 1. The molecule has 2 aromatic rings. The minimum atomic E-state index is -0.194. The third-order valence-corrected chi connectivity index (χ3v) is 2.00. The van der Waals surface area contributed by atoms with Gasteiger partial charge in [-0.15, -0.1) is 0 Å². The van der Waals surface area contributed by atoms with Gasteiger partial charge in [0.15, 0.2) is 0 Å². The molecule has 15 heavy (non-hydrogen) atoms. The van der Waals surface area contributed by atoms with Crippen LogP contribution in [-0.2, 0) is 6.54 Å². The van der Waals surface area contributed by atoms with E-state index in [1.807, 2.05) is 30.3 Å². The van der Waals surface area contributed by atoms with E-state index < -0.39 is 0 Å². The highest BCUT2D eigenvalue weighted by Gasteiger charge is 1.93. The standard InChI is InChI=1S/C11H11N3O/c15-11-7-6-10(13-14-11)12-8-9-4-2-1-3-5-9/h1-7H,8H2,(H,12,13)(H,14,15). The Morgan fingerprint density at radius 3 is 2.60 bits per heavy atom. The molecule has 4 nitrogen and oxygen atoms in total. The lowest BCUT2D eigenvalue weighted by Crippen LogP contribution is -2.09. The minimum Gasteiger partial charge on any atom is -0.365 e. The normalized spacial score (nSPS) is 9.87. The summed E-state index contributed by atoms with van der Waals surface area (Å²) in [6, 6.07) is 13.1. The molecule has 0 spiro atoms. The summed E-state index contributed by atoms with van der Waals surface area (Å²) in [5.41, 5.74) is 0.978. The first-order valence-corrected chi connectivity index (χ1v) is 4.68. The maximum atomic E-state index is 10.8. The second-order valence-corrected chi connectivity index (χ2v) is 3.15. The summed E-state index contributed by atoms with van der Waals surface area (Å²) < 4.78 is 0. The molecule has 1 aromatic heterocycles. The van der Waals surface area contributed by atoms with Gasteiger partial charge in [0, 0.05) is 12.6 Å². The number of hydrogen-bond donors (Lipinski definition) is 2. The summed E-state index contributed by atoms with van der Waals surface area (Å²) in [6.07, 6.45) is 0. The van der Waals surface area contributed by atoms with Crippen molar-refractivity contribution in [3.63, 3.8) is 0 Å². The summed E-state index contributed by atoms with van der Waals surface area (Å²) in [5, 5.41) is 9.32. The number of hydrogen-bond acceptors (Lipinski definition) is 3. The van der Waals surface area contributed by atoms with E-state index >= 15 is 0 Å². The van der Waals surface area contributed by atoms with Crippen molar-refractivity contribution in [2.24, 2.45) is 0 Å². The maximum absolute atomic E-state index is 10.8. The Hall–Kier alpha value is -2.10. The summed E-state index contributed by atoms with van der Waals surface area (Å²) in [7, 11) is 0. The molecule has 0 amide bonds. The third kappa shape index (κ3) is 2.67. The van der Waals surface area contributed by atoms with Crippen LogP contribution in [0.15, 0.2) is 47.3 Å². The smallest absolute Gasteiger partial charge is 0.264 e. The zero-order valence-electron chi connectivity index (χ0n) is 8.10. The molecule has 0 atom stereocenters. The number of nitrogens with one attached hydrogen (secondary N) is 2. The van der Waals surface area contributed by atoms with Crippen molar-refractivity contribution in [3.05, 3.63) is 58.4 Å². The van der Waals surface area contributed by atoms with E-state index in [0.29, 0.717) is 12.4 Å². The van der Waals surface area contributed by atoms with Crippen molar-refractivity contribution in [2.45, 2.75) is 6.54 Å². The van der Waals surface area contributed by atoms with E-state index in [-0.39, 0.29) is 5.56 Å². The molecule has 1 aromatic carbocycles. The molecule has 0 unspecified atom stereocenters. The van der Waals surface area contributed by atoms with Gasteiger partial charge in [0.05, 0.1) is 0 Å². The quantitative estimate of drug-likeness (QED) is 0.788. The van der Waals surface area contributed by atoms with Crippen LogP contribution in [-0.4, -0.2) is 10.2 Å². The molecule has 0 radical (unpaired) electrons. The van der Waals surface area contributed by atoms with Crippen molar-refractivity contribution in [3.8, 4) is 0 Å². The maximum Gasteiger partial charge on any atom is 0.264 e. The number of anilines is 1. The molecule has 2 rings (SSSR count). The van der Waals surface area contributed by atoms with Crippen molar-refractivity contribution in [2.75, 3.05) is 5.32 Å². The first kappa shape index (κ1) is 9.45. The van der Waals surface area contributed by atoms with Crippen molar-refractivity contribution in [1.82, 2.24) is 10.2 Å². The number of aromatic nitrogens is 2. The van der Waals surface area contributed by atoms with Gasteiger partial charge in [-0.1, -0.05) is 30.3 Å². The minimum absolute atomic E-state index is 0.194. The van der Waals surface area contributed by atoms with E-state index in [0.717, 1.165) is 0 Å². The molecular weight excluding hydrogens is 190 g/mol. The van der Waals surface area contributed by atoms with Gasteiger partial charge in [-0.2, -0.15) is 5.10 Å². The van der Waals surface area contributed by atoms with Crippen LogP contribution < -0.4 is 10.9 Å². The summed E-state index contributed by atoms with van der Waals surface area (Å²) in [6.45, 7) is 0.694. The molecule has 1 heterocycles. The first-order chi connectivity index (χ1) is 7.34. The molecular formula is C11H11N3O. The number of rotatable bonds is 3. The van der Waals surface area contributed by atoms with Gasteiger partial charge < -0.3 is 5.32 Å². The highest BCUT2D eigenvalue weighted by molar-refractivity contribution is 5.33. The highest BCUT2D eigenvalue weighted by atomic mass is 16.1. The molecule has 76 valence electrons.